The van der Waals surface area contributed by atoms with Gasteiger partial charge in [0.15, 0.2) is 0 Å². The molecule has 2 heterocycles. The number of amides is 1. The topological polar surface area (TPSA) is 45.5 Å². The van der Waals surface area contributed by atoms with E-state index in [1.54, 1.807) is 6.26 Å². The van der Waals surface area contributed by atoms with Crippen molar-refractivity contribution in [2.45, 2.75) is 57.5 Å². The molecule has 1 aromatic heterocycles. The van der Waals surface area contributed by atoms with Gasteiger partial charge in [-0.25, -0.2) is 0 Å². The number of nitrogens with one attached hydrogen (secondary N) is 1. The summed E-state index contributed by atoms with van der Waals surface area (Å²) in [6.45, 7) is 3.96. The van der Waals surface area contributed by atoms with Crippen LogP contribution in [0.3, 0.4) is 0 Å². The third kappa shape index (κ3) is 2.90. The lowest BCUT2D eigenvalue weighted by molar-refractivity contribution is 0.0715. The summed E-state index contributed by atoms with van der Waals surface area (Å²) in [5, 5.41) is 3.54. The largest absolute Gasteiger partial charge is 0.469 e. The fourth-order valence-corrected chi connectivity index (χ4v) is 3.06. The third-order valence-corrected chi connectivity index (χ3v) is 4.37. The van der Waals surface area contributed by atoms with Crippen molar-refractivity contribution in [2.24, 2.45) is 0 Å². The normalized spacial score (nSPS) is 22.8. The van der Waals surface area contributed by atoms with E-state index in [2.05, 4.69) is 10.2 Å². The van der Waals surface area contributed by atoms with Crippen molar-refractivity contribution >= 4 is 5.91 Å². The summed E-state index contributed by atoms with van der Waals surface area (Å²) in [7, 11) is 0. The highest BCUT2D eigenvalue weighted by Gasteiger charge is 2.35. The second-order valence-corrected chi connectivity index (χ2v) is 5.95. The van der Waals surface area contributed by atoms with Crippen LogP contribution in [0.2, 0.25) is 0 Å². The molecule has 0 radical (unpaired) electrons. The van der Waals surface area contributed by atoms with Crippen LogP contribution in [0.5, 0.6) is 0 Å². The van der Waals surface area contributed by atoms with Gasteiger partial charge in [-0.15, -0.1) is 0 Å². The van der Waals surface area contributed by atoms with Crippen LogP contribution < -0.4 is 5.32 Å². The molecule has 1 N–H and O–H groups in total. The van der Waals surface area contributed by atoms with E-state index < -0.39 is 0 Å². The Kier molecular flexibility index (Phi) is 4.10. The monoisotopic (exact) mass is 276 g/mol. The zero-order valence-corrected chi connectivity index (χ0v) is 12.2. The van der Waals surface area contributed by atoms with E-state index in [0.717, 1.165) is 43.7 Å². The summed E-state index contributed by atoms with van der Waals surface area (Å²) in [6.07, 6.45) is 8.42. The molecule has 4 heteroatoms. The summed E-state index contributed by atoms with van der Waals surface area (Å²) in [5.41, 5.74) is 0.759. The average Bonchev–Trinajstić information content (AvgIpc) is 3.21. The molecule has 2 fully saturated rings. The molecule has 0 spiro atoms. The molecular formula is C16H24N2O2. The number of nitrogens with zero attached hydrogens (tertiary/aromatic N) is 1. The summed E-state index contributed by atoms with van der Waals surface area (Å²) < 4.78 is 5.41. The van der Waals surface area contributed by atoms with Crippen molar-refractivity contribution in [1.82, 2.24) is 10.2 Å². The first kappa shape index (κ1) is 13.7. The Bertz CT molecular complexity index is 459. The predicted octanol–water partition coefficient (Wildman–Crippen LogP) is 2.59. The minimum atomic E-state index is 0.158. The number of hydrogen-bond acceptors (Lipinski definition) is 3. The van der Waals surface area contributed by atoms with Crippen LogP contribution in [-0.4, -0.2) is 36.0 Å². The number of furan rings is 1. The number of piperidine rings is 1. The molecule has 3 rings (SSSR count). The van der Waals surface area contributed by atoms with Gasteiger partial charge in [-0.1, -0.05) is 13.3 Å². The van der Waals surface area contributed by atoms with Crippen LogP contribution in [0.25, 0.3) is 0 Å². The average molecular weight is 276 g/mol. The van der Waals surface area contributed by atoms with E-state index in [1.165, 1.54) is 19.3 Å². The molecule has 1 aliphatic heterocycles. The summed E-state index contributed by atoms with van der Waals surface area (Å²) in [5.74, 6) is 0.975. The van der Waals surface area contributed by atoms with Crippen molar-refractivity contribution in [3.05, 3.63) is 23.7 Å². The molecule has 0 bridgehead atoms. The highest BCUT2D eigenvalue weighted by atomic mass is 16.3. The van der Waals surface area contributed by atoms with Crippen molar-refractivity contribution in [1.29, 1.82) is 0 Å². The molecule has 4 nitrogen and oxygen atoms in total. The maximum Gasteiger partial charge on any atom is 0.257 e. The van der Waals surface area contributed by atoms with Gasteiger partial charge >= 0.3 is 0 Å². The molecule has 20 heavy (non-hydrogen) atoms. The van der Waals surface area contributed by atoms with E-state index >= 15 is 0 Å². The Morgan fingerprint density at radius 2 is 2.25 bits per heavy atom. The first-order chi connectivity index (χ1) is 9.79. The van der Waals surface area contributed by atoms with E-state index in [9.17, 15) is 4.79 Å². The SMILES string of the molecule is CCc1occc1C(=O)N(CC1CCCCN1)C1CC1. The molecule has 1 amide bonds. The standard InChI is InChI=1S/C16H24N2O2/c1-2-15-14(8-10-20-15)16(19)18(13-6-7-13)11-12-5-3-4-9-17-12/h8,10,12-13,17H,2-7,9,11H2,1H3. The van der Waals surface area contributed by atoms with E-state index in [1.807, 2.05) is 13.0 Å². The second kappa shape index (κ2) is 6.00. The Morgan fingerprint density at radius 3 is 2.90 bits per heavy atom. The molecule has 110 valence electrons. The predicted molar refractivity (Wildman–Crippen MR) is 77.8 cm³/mol. The zero-order valence-electron chi connectivity index (χ0n) is 12.2. The highest BCUT2D eigenvalue weighted by molar-refractivity contribution is 5.95. The van der Waals surface area contributed by atoms with Crippen molar-refractivity contribution in [3.63, 3.8) is 0 Å². The number of carbonyl (C=O) groups excluding carboxylic acids is 1. The van der Waals surface area contributed by atoms with Crippen LogP contribution >= 0.6 is 0 Å². The minimum Gasteiger partial charge on any atom is -0.469 e. The lowest BCUT2D eigenvalue weighted by Crippen LogP contribution is -2.46. The number of rotatable bonds is 5. The molecule has 1 atom stereocenters. The smallest absolute Gasteiger partial charge is 0.257 e. The van der Waals surface area contributed by atoms with Gasteiger partial charge in [-0.2, -0.15) is 0 Å². The summed E-state index contributed by atoms with van der Waals surface area (Å²) in [6, 6.07) is 2.74. The van der Waals surface area contributed by atoms with E-state index in [0.29, 0.717) is 12.1 Å². The zero-order chi connectivity index (χ0) is 13.9. The van der Waals surface area contributed by atoms with Gasteiger partial charge < -0.3 is 14.6 Å². The molecule has 2 aliphatic rings. The Labute approximate surface area is 120 Å². The fraction of sp³-hybridized carbons (Fsp3) is 0.688. The molecule has 1 aliphatic carbocycles. The van der Waals surface area contributed by atoms with Gasteiger partial charge in [0.1, 0.15) is 5.76 Å². The maximum absolute atomic E-state index is 12.8. The van der Waals surface area contributed by atoms with Crippen LogP contribution in [-0.2, 0) is 6.42 Å². The lowest BCUT2D eigenvalue weighted by Gasteiger charge is -2.30. The van der Waals surface area contributed by atoms with Crippen molar-refractivity contribution < 1.29 is 9.21 Å². The van der Waals surface area contributed by atoms with E-state index in [-0.39, 0.29) is 5.91 Å². The minimum absolute atomic E-state index is 0.158. The Balaban J connectivity index is 1.71. The Morgan fingerprint density at radius 1 is 1.40 bits per heavy atom. The van der Waals surface area contributed by atoms with Gasteiger partial charge in [-0.3, -0.25) is 4.79 Å². The lowest BCUT2D eigenvalue weighted by atomic mass is 10.0. The molecule has 1 aromatic rings. The third-order valence-electron chi connectivity index (χ3n) is 4.37. The molecule has 1 unspecified atom stereocenters. The number of aryl methyl sites for hydroxylation is 1. The quantitative estimate of drug-likeness (QED) is 0.899. The number of hydrogen-bond donors (Lipinski definition) is 1. The van der Waals surface area contributed by atoms with Gasteiger partial charge in [-0.05, 0) is 38.3 Å². The van der Waals surface area contributed by atoms with Crippen LogP contribution in [0.1, 0.15) is 55.1 Å². The van der Waals surface area contributed by atoms with Crippen molar-refractivity contribution in [2.75, 3.05) is 13.1 Å². The fourth-order valence-electron chi connectivity index (χ4n) is 3.06. The number of carbonyl (C=O) groups is 1. The van der Waals surface area contributed by atoms with Crippen LogP contribution in [0.4, 0.5) is 0 Å². The maximum atomic E-state index is 12.8. The highest BCUT2D eigenvalue weighted by Crippen LogP contribution is 2.30. The first-order valence-corrected chi connectivity index (χ1v) is 7.90. The van der Waals surface area contributed by atoms with E-state index in [4.69, 9.17) is 4.42 Å². The second-order valence-electron chi connectivity index (χ2n) is 5.95. The van der Waals surface area contributed by atoms with Gasteiger partial charge in [0, 0.05) is 25.0 Å². The van der Waals surface area contributed by atoms with Crippen LogP contribution in [0.15, 0.2) is 16.7 Å². The first-order valence-electron chi connectivity index (χ1n) is 7.90. The molecule has 1 saturated carbocycles. The van der Waals surface area contributed by atoms with Gasteiger partial charge in [0.25, 0.3) is 5.91 Å². The summed E-state index contributed by atoms with van der Waals surface area (Å²) >= 11 is 0. The molecule has 0 aromatic carbocycles. The molecule has 1 saturated heterocycles. The molecular weight excluding hydrogens is 252 g/mol. The van der Waals surface area contributed by atoms with Crippen molar-refractivity contribution in [3.8, 4) is 0 Å². The van der Waals surface area contributed by atoms with Gasteiger partial charge in [0.2, 0.25) is 0 Å². The van der Waals surface area contributed by atoms with Gasteiger partial charge in [0.05, 0.1) is 11.8 Å². The Hall–Kier alpha value is -1.29. The summed E-state index contributed by atoms with van der Waals surface area (Å²) in [4.78, 5) is 14.9. The van der Waals surface area contributed by atoms with Crippen LogP contribution in [0, 0.1) is 0 Å².